The molecule has 0 atom stereocenters. The van der Waals surface area contributed by atoms with E-state index in [0.717, 1.165) is 28.8 Å². The molecule has 4 N–H and O–H groups in total. The van der Waals surface area contributed by atoms with E-state index in [1.165, 1.54) is 16.3 Å². The Labute approximate surface area is 163 Å². The topological polar surface area (TPSA) is 95.7 Å². The second-order valence-electron chi connectivity index (χ2n) is 7.88. The van der Waals surface area contributed by atoms with Crippen molar-refractivity contribution in [2.45, 2.75) is 39.7 Å². The molecule has 1 heterocycles. The summed E-state index contributed by atoms with van der Waals surface area (Å²) in [5.74, 6) is 4.42. The quantitative estimate of drug-likeness (QED) is 0.539. The Balaban J connectivity index is 1.94. The Morgan fingerprint density at radius 2 is 2.04 bits per heavy atom. The minimum atomic E-state index is -0.990. The van der Waals surface area contributed by atoms with Gasteiger partial charge < -0.3 is 10.4 Å². The Morgan fingerprint density at radius 1 is 1.33 bits per heavy atom. The van der Waals surface area contributed by atoms with Gasteiger partial charge in [0, 0.05) is 24.0 Å². The van der Waals surface area contributed by atoms with Crippen molar-refractivity contribution in [2.24, 2.45) is 11.3 Å². The molecule has 0 aliphatic heterocycles. The van der Waals surface area contributed by atoms with Crippen LogP contribution in [0, 0.1) is 5.41 Å². The molecule has 2 aromatic rings. The lowest BCUT2D eigenvalue weighted by atomic mass is 9.76. The van der Waals surface area contributed by atoms with Crippen LogP contribution in [-0.2, 0) is 19.4 Å². The molecule has 1 aromatic carbocycles. The van der Waals surface area contributed by atoms with E-state index < -0.39 is 5.97 Å². The summed E-state index contributed by atoms with van der Waals surface area (Å²) in [6, 6.07) is 7.21. The fourth-order valence-electron chi connectivity index (χ4n) is 3.55. The van der Waals surface area contributed by atoms with Crippen molar-refractivity contribution in [1.82, 2.24) is 5.01 Å². The van der Waals surface area contributed by atoms with Gasteiger partial charge in [-0.15, -0.1) is 11.3 Å². The third kappa shape index (κ3) is 4.21. The maximum Gasteiger partial charge on any atom is 0.339 e. The molecule has 27 heavy (non-hydrogen) atoms. The monoisotopic (exact) mass is 387 g/mol. The summed E-state index contributed by atoms with van der Waals surface area (Å²) in [5, 5.41) is 14.5. The number of carboxylic acids is 1. The highest BCUT2D eigenvalue weighted by atomic mass is 32.1. The van der Waals surface area contributed by atoms with E-state index in [9.17, 15) is 14.7 Å². The summed E-state index contributed by atoms with van der Waals surface area (Å²) in [5.41, 5.74) is 2.47. The highest BCUT2D eigenvalue weighted by Gasteiger charge is 2.33. The highest BCUT2D eigenvalue weighted by molar-refractivity contribution is 7.17. The fourth-order valence-corrected chi connectivity index (χ4v) is 4.76. The second-order valence-corrected chi connectivity index (χ2v) is 8.99. The molecule has 0 radical (unpaired) electrons. The lowest BCUT2D eigenvalue weighted by Crippen LogP contribution is -2.27. The predicted molar refractivity (Wildman–Crippen MR) is 107 cm³/mol. The number of anilines is 1. The molecule has 1 aromatic heterocycles. The summed E-state index contributed by atoms with van der Waals surface area (Å²) >= 11 is 1.39. The Bertz CT molecular complexity index is 887. The van der Waals surface area contributed by atoms with Gasteiger partial charge in [0.15, 0.2) is 0 Å². The SMILES string of the molecule is CN(N)Cc1ccccc1C(=O)Nc1sc2c(c1C(=O)O)CC(C)(C)CC2. The van der Waals surface area contributed by atoms with Gasteiger partial charge in [-0.3, -0.25) is 10.6 Å². The van der Waals surface area contributed by atoms with E-state index in [1.54, 1.807) is 19.2 Å². The number of carboxylic acid groups (broad SMARTS) is 1. The average molecular weight is 388 g/mol. The first-order chi connectivity index (χ1) is 12.7. The van der Waals surface area contributed by atoms with Crippen molar-refractivity contribution >= 4 is 28.2 Å². The molecule has 0 bridgehead atoms. The lowest BCUT2D eigenvalue weighted by Gasteiger charge is -2.29. The normalized spacial score (nSPS) is 15.4. The number of nitrogens with zero attached hydrogens (tertiary/aromatic N) is 1. The first-order valence-electron chi connectivity index (χ1n) is 8.91. The maximum atomic E-state index is 12.9. The summed E-state index contributed by atoms with van der Waals surface area (Å²) in [4.78, 5) is 25.9. The van der Waals surface area contributed by atoms with Gasteiger partial charge in [0.1, 0.15) is 5.00 Å². The molecule has 0 spiro atoms. The van der Waals surface area contributed by atoms with E-state index >= 15 is 0 Å². The number of hydrogen-bond acceptors (Lipinski definition) is 5. The number of nitrogens with two attached hydrogens (primary N) is 1. The van der Waals surface area contributed by atoms with Crippen molar-refractivity contribution < 1.29 is 14.7 Å². The van der Waals surface area contributed by atoms with E-state index in [4.69, 9.17) is 5.84 Å². The smallest absolute Gasteiger partial charge is 0.339 e. The number of thiophene rings is 1. The third-order valence-electron chi connectivity index (χ3n) is 4.90. The molecule has 1 aliphatic rings. The van der Waals surface area contributed by atoms with Gasteiger partial charge in [0.05, 0.1) is 5.56 Å². The molecule has 0 saturated heterocycles. The van der Waals surface area contributed by atoms with Gasteiger partial charge in [0.25, 0.3) is 5.91 Å². The van der Waals surface area contributed by atoms with Crippen LogP contribution in [-0.4, -0.2) is 29.0 Å². The lowest BCUT2D eigenvalue weighted by molar-refractivity contribution is 0.0696. The molecule has 6 nitrogen and oxygen atoms in total. The molecule has 0 unspecified atom stereocenters. The van der Waals surface area contributed by atoms with Crippen LogP contribution in [0.25, 0.3) is 0 Å². The molecule has 1 amide bonds. The van der Waals surface area contributed by atoms with Crippen LogP contribution in [0.3, 0.4) is 0 Å². The maximum absolute atomic E-state index is 12.9. The van der Waals surface area contributed by atoms with Crippen molar-refractivity contribution in [2.75, 3.05) is 12.4 Å². The number of hydrogen-bond donors (Lipinski definition) is 3. The molecule has 1 aliphatic carbocycles. The average Bonchev–Trinajstić information content (AvgIpc) is 2.90. The first-order valence-corrected chi connectivity index (χ1v) is 9.72. The van der Waals surface area contributed by atoms with E-state index in [0.29, 0.717) is 23.5 Å². The van der Waals surface area contributed by atoms with Crippen molar-refractivity contribution in [3.05, 3.63) is 51.4 Å². The first kappa shape index (κ1) is 19.5. The number of aromatic carboxylic acids is 1. The van der Waals surface area contributed by atoms with Gasteiger partial charge in [-0.2, -0.15) is 0 Å². The van der Waals surface area contributed by atoms with Crippen LogP contribution in [0.15, 0.2) is 24.3 Å². The highest BCUT2D eigenvalue weighted by Crippen LogP contribution is 2.43. The number of fused-ring (bicyclic) bond motifs is 1. The number of amides is 1. The molecule has 0 fully saturated rings. The van der Waals surface area contributed by atoms with Crippen LogP contribution in [0.4, 0.5) is 5.00 Å². The van der Waals surface area contributed by atoms with Crippen molar-refractivity contribution in [3.8, 4) is 0 Å². The zero-order valence-corrected chi connectivity index (χ0v) is 16.7. The van der Waals surface area contributed by atoms with Gasteiger partial charge in [-0.25, -0.2) is 9.80 Å². The number of aryl methyl sites for hydroxylation is 1. The number of benzene rings is 1. The Hall–Kier alpha value is -2.22. The number of nitrogens with one attached hydrogen (secondary N) is 1. The number of carbonyl (C=O) groups is 2. The van der Waals surface area contributed by atoms with Crippen LogP contribution < -0.4 is 11.2 Å². The summed E-state index contributed by atoms with van der Waals surface area (Å²) < 4.78 is 0. The molecular formula is C20H25N3O3S. The number of rotatable bonds is 5. The summed E-state index contributed by atoms with van der Waals surface area (Å²) in [6.07, 6.45) is 2.57. The number of hydrazine groups is 1. The standard InChI is InChI=1S/C20H25N3O3S/c1-20(2)9-8-15-14(10-20)16(19(25)26)18(27-15)22-17(24)13-7-5-4-6-12(13)11-23(3)21/h4-7H,8-11,21H2,1-3H3,(H,22,24)(H,25,26). The second kappa shape index (κ2) is 7.42. The zero-order chi connectivity index (χ0) is 19.8. The molecule has 7 heteroatoms. The Morgan fingerprint density at radius 3 is 2.70 bits per heavy atom. The van der Waals surface area contributed by atoms with E-state index in [2.05, 4.69) is 19.2 Å². The minimum Gasteiger partial charge on any atom is -0.478 e. The van der Waals surface area contributed by atoms with Crippen LogP contribution in [0.1, 0.15) is 57.0 Å². The summed E-state index contributed by atoms with van der Waals surface area (Å²) in [6.45, 7) is 4.72. The Kier molecular flexibility index (Phi) is 5.37. The van der Waals surface area contributed by atoms with Crippen molar-refractivity contribution in [3.63, 3.8) is 0 Å². The van der Waals surface area contributed by atoms with Crippen LogP contribution in [0.2, 0.25) is 0 Å². The van der Waals surface area contributed by atoms with Crippen molar-refractivity contribution in [1.29, 1.82) is 0 Å². The third-order valence-corrected chi connectivity index (χ3v) is 6.10. The zero-order valence-electron chi connectivity index (χ0n) is 15.8. The van der Waals surface area contributed by atoms with Crippen LogP contribution in [0.5, 0.6) is 0 Å². The number of carbonyl (C=O) groups excluding carboxylic acids is 1. The largest absolute Gasteiger partial charge is 0.478 e. The van der Waals surface area contributed by atoms with Gasteiger partial charge in [-0.05, 0) is 41.9 Å². The van der Waals surface area contributed by atoms with Gasteiger partial charge in [0.2, 0.25) is 0 Å². The van der Waals surface area contributed by atoms with Gasteiger partial charge >= 0.3 is 5.97 Å². The molecule has 0 saturated carbocycles. The minimum absolute atomic E-state index is 0.0673. The van der Waals surface area contributed by atoms with E-state index in [-0.39, 0.29) is 16.9 Å². The van der Waals surface area contributed by atoms with E-state index in [1.807, 2.05) is 12.1 Å². The fraction of sp³-hybridized carbons (Fsp3) is 0.400. The van der Waals surface area contributed by atoms with Gasteiger partial charge in [-0.1, -0.05) is 32.0 Å². The molecular weight excluding hydrogens is 362 g/mol. The molecule has 3 rings (SSSR count). The predicted octanol–water partition coefficient (Wildman–Crippen LogP) is 3.52. The van der Waals surface area contributed by atoms with Crippen LogP contribution >= 0.6 is 11.3 Å². The summed E-state index contributed by atoms with van der Waals surface area (Å²) in [7, 11) is 1.73. The molecule has 144 valence electrons.